The largest absolute Gasteiger partial charge is 0.490 e. The van der Waals surface area contributed by atoms with Gasteiger partial charge in [0.05, 0.1) is 12.6 Å². The van der Waals surface area contributed by atoms with Gasteiger partial charge in [-0.3, -0.25) is 9.59 Å². The first kappa shape index (κ1) is 18.8. The highest BCUT2D eigenvalue weighted by Crippen LogP contribution is 2.28. The SMILES string of the molecule is CCOc1cc(C=O)ccc1OCC(=O)N[C@@H](C)c1cccc(Cl)c1. The van der Waals surface area contributed by atoms with Crippen molar-refractivity contribution in [2.75, 3.05) is 13.2 Å². The summed E-state index contributed by atoms with van der Waals surface area (Å²) in [5, 5.41) is 3.47. The maximum absolute atomic E-state index is 12.1. The van der Waals surface area contributed by atoms with E-state index in [1.807, 2.05) is 26.0 Å². The van der Waals surface area contributed by atoms with Crippen LogP contribution < -0.4 is 14.8 Å². The minimum Gasteiger partial charge on any atom is -0.490 e. The lowest BCUT2D eigenvalue weighted by Crippen LogP contribution is -2.31. The lowest BCUT2D eigenvalue weighted by Gasteiger charge is -2.16. The Labute approximate surface area is 151 Å². The topological polar surface area (TPSA) is 64.6 Å². The van der Waals surface area contributed by atoms with E-state index in [0.717, 1.165) is 11.8 Å². The minimum atomic E-state index is -0.269. The van der Waals surface area contributed by atoms with Crippen molar-refractivity contribution >= 4 is 23.8 Å². The van der Waals surface area contributed by atoms with E-state index < -0.39 is 0 Å². The van der Waals surface area contributed by atoms with Crippen molar-refractivity contribution in [2.24, 2.45) is 0 Å². The molecule has 5 nitrogen and oxygen atoms in total. The van der Waals surface area contributed by atoms with E-state index in [1.54, 1.807) is 30.3 Å². The van der Waals surface area contributed by atoms with E-state index in [0.29, 0.717) is 28.7 Å². The molecule has 1 amide bonds. The summed E-state index contributed by atoms with van der Waals surface area (Å²) < 4.78 is 11.0. The number of aldehydes is 1. The number of amides is 1. The summed E-state index contributed by atoms with van der Waals surface area (Å²) in [6.07, 6.45) is 0.728. The molecule has 0 aromatic heterocycles. The Balaban J connectivity index is 1.96. The van der Waals surface area contributed by atoms with E-state index in [4.69, 9.17) is 21.1 Å². The van der Waals surface area contributed by atoms with Crippen molar-refractivity contribution in [1.82, 2.24) is 5.32 Å². The summed E-state index contributed by atoms with van der Waals surface area (Å²) >= 11 is 5.96. The van der Waals surface area contributed by atoms with Crippen LogP contribution in [0, 0.1) is 0 Å². The predicted octanol–water partition coefficient (Wildman–Crippen LogP) is 3.81. The van der Waals surface area contributed by atoms with Crippen LogP contribution in [0.4, 0.5) is 0 Å². The molecule has 0 heterocycles. The molecule has 0 aliphatic rings. The molecule has 2 aromatic rings. The fourth-order valence-electron chi connectivity index (χ4n) is 2.27. The Bertz CT molecular complexity index is 748. The van der Waals surface area contributed by atoms with Gasteiger partial charge in [0.25, 0.3) is 5.91 Å². The van der Waals surface area contributed by atoms with Crippen molar-refractivity contribution in [3.8, 4) is 11.5 Å². The molecule has 0 spiro atoms. The minimum absolute atomic E-state index is 0.161. The van der Waals surface area contributed by atoms with Crippen LogP contribution in [0.15, 0.2) is 42.5 Å². The Hall–Kier alpha value is -2.53. The number of carbonyl (C=O) groups excluding carboxylic acids is 2. The van der Waals surface area contributed by atoms with E-state index in [-0.39, 0.29) is 18.6 Å². The molecule has 2 rings (SSSR count). The van der Waals surface area contributed by atoms with Gasteiger partial charge in [-0.1, -0.05) is 23.7 Å². The third-order valence-corrected chi connectivity index (χ3v) is 3.72. The zero-order chi connectivity index (χ0) is 18.2. The molecule has 0 aliphatic heterocycles. The summed E-state index contributed by atoms with van der Waals surface area (Å²) in [6.45, 7) is 3.97. The monoisotopic (exact) mass is 361 g/mol. The van der Waals surface area contributed by atoms with Gasteiger partial charge in [-0.05, 0) is 49.7 Å². The highest BCUT2D eigenvalue weighted by atomic mass is 35.5. The van der Waals surface area contributed by atoms with E-state index >= 15 is 0 Å². The van der Waals surface area contributed by atoms with Crippen molar-refractivity contribution in [1.29, 1.82) is 0 Å². The van der Waals surface area contributed by atoms with Crippen LogP contribution in [0.25, 0.3) is 0 Å². The molecule has 132 valence electrons. The number of hydrogen-bond acceptors (Lipinski definition) is 4. The molecule has 2 aromatic carbocycles. The fourth-order valence-corrected chi connectivity index (χ4v) is 2.47. The third kappa shape index (κ3) is 5.50. The van der Waals surface area contributed by atoms with Gasteiger partial charge in [0.15, 0.2) is 18.1 Å². The lowest BCUT2D eigenvalue weighted by atomic mass is 10.1. The van der Waals surface area contributed by atoms with Crippen LogP contribution in [0.1, 0.15) is 35.8 Å². The molecule has 0 saturated heterocycles. The Morgan fingerprint density at radius 2 is 2.00 bits per heavy atom. The first-order valence-electron chi connectivity index (χ1n) is 7.93. The molecular formula is C19H20ClNO4. The number of halogens is 1. The summed E-state index contributed by atoms with van der Waals surface area (Å²) in [7, 11) is 0. The van der Waals surface area contributed by atoms with E-state index in [2.05, 4.69) is 5.32 Å². The average molecular weight is 362 g/mol. The second-order valence-corrected chi connectivity index (χ2v) is 5.83. The number of carbonyl (C=O) groups is 2. The molecule has 0 bridgehead atoms. The molecule has 0 aliphatic carbocycles. The predicted molar refractivity (Wildman–Crippen MR) is 96.5 cm³/mol. The Morgan fingerprint density at radius 3 is 2.68 bits per heavy atom. The second kappa shape index (κ2) is 9.08. The average Bonchev–Trinajstić information content (AvgIpc) is 2.60. The molecule has 25 heavy (non-hydrogen) atoms. The number of nitrogens with one attached hydrogen (secondary N) is 1. The molecular weight excluding hydrogens is 342 g/mol. The van der Waals surface area contributed by atoms with Crippen LogP contribution >= 0.6 is 11.6 Å². The van der Waals surface area contributed by atoms with Crippen LogP contribution in [-0.4, -0.2) is 25.4 Å². The maximum atomic E-state index is 12.1. The van der Waals surface area contributed by atoms with Crippen molar-refractivity contribution < 1.29 is 19.1 Å². The summed E-state index contributed by atoms with van der Waals surface area (Å²) in [5.74, 6) is 0.579. The Kier molecular flexibility index (Phi) is 6.83. The standard InChI is InChI=1S/C19H20ClNO4/c1-3-24-18-9-14(11-22)7-8-17(18)25-12-19(23)21-13(2)15-5-4-6-16(20)10-15/h4-11,13H,3,12H2,1-2H3,(H,21,23)/t13-/m0/s1. The third-order valence-electron chi connectivity index (χ3n) is 3.49. The number of benzene rings is 2. The lowest BCUT2D eigenvalue weighted by molar-refractivity contribution is -0.123. The summed E-state index contributed by atoms with van der Waals surface area (Å²) in [5.41, 5.74) is 1.39. The Morgan fingerprint density at radius 1 is 1.20 bits per heavy atom. The number of ether oxygens (including phenoxy) is 2. The molecule has 1 N–H and O–H groups in total. The van der Waals surface area contributed by atoms with Crippen LogP contribution in [0.5, 0.6) is 11.5 Å². The van der Waals surface area contributed by atoms with Gasteiger partial charge >= 0.3 is 0 Å². The van der Waals surface area contributed by atoms with Crippen LogP contribution in [0.2, 0.25) is 5.02 Å². The molecule has 0 fully saturated rings. The van der Waals surface area contributed by atoms with Gasteiger partial charge in [-0.25, -0.2) is 0 Å². The first-order valence-corrected chi connectivity index (χ1v) is 8.31. The van der Waals surface area contributed by atoms with Gasteiger partial charge < -0.3 is 14.8 Å². The van der Waals surface area contributed by atoms with Crippen molar-refractivity contribution in [2.45, 2.75) is 19.9 Å². The zero-order valence-electron chi connectivity index (χ0n) is 14.1. The summed E-state index contributed by atoms with van der Waals surface area (Å²) in [6, 6.07) is 11.9. The van der Waals surface area contributed by atoms with Gasteiger partial charge in [-0.15, -0.1) is 0 Å². The van der Waals surface area contributed by atoms with Crippen molar-refractivity contribution in [3.05, 3.63) is 58.6 Å². The normalized spacial score (nSPS) is 11.5. The zero-order valence-corrected chi connectivity index (χ0v) is 14.9. The molecule has 0 radical (unpaired) electrons. The van der Waals surface area contributed by atoms with Gasteiger partial charge in [-0.2, -0.15) is 0 Å². The van der Waals surface area contributed by atoms with E-state index in [9.17, 15) is 9.59 Å². The molecule has 0 unspecified atom stereocenters. The highest BCUT2D eigenvalue weighted by molar-refractivity contribution is 6.30. The highest BCUT2D eigenvalue weighted by Gasteiger charge is 2.12. The molecule has 1 atom stereocenters. The van der Waals surface area contributed by atoms with E-state index in [1.165, 1.54) is 0 Å². The van der Waals surface area contributed by atoms with Crippen molar-refractivity contribution in [3.63, 3.8) is 0 Å². The number of hydrogen-bond donors (Lipinski definition) is 1. The van der Waals surface area contributed by atoms with Crippen LogP contribution in [0.3, 0.4) is 0 Å². The summed E-state index contributed by atoms with van der Waals surface area (Å²) in [4.78, 5) is 23.0. The molecule has 0 saturated carbocycles. The van der Waals surface area contributed by atoms with Gasteiger partial charge in [0, 0.05) is 10.6 Å². The van der Waals surface area contributed by atoms with Gasteiger partial charge in [0.2, 0.25) is 0 Å². The quantitative estimate of drug-likeness (QED) is 0.726. The molecule has 6 heteroatoms. The first-order chi connectivity index (χ1) is 12.0. The fraction of sp³-hybridized carbons (Fsp3) is 0.263. The smallest absolute Gasteiger partial charge is 0.258 e. The van der Waals surface area contributed by atoms with Crippen LogP contribution in [-0.2, 0) is 4.79 Å². The second-order valence-electron chi connectivity index (χ2n) is 5.39. The maximum Gasteiger partial charge on any atom is 0.258 e. The number of rotatable bonds is 8. The van der Waals surface area contributed by atoms with Gasteiger partial charge in [0.1, 0.15) is 6.29 Å².